The molecule has 0 amide bonds. The van der Waals surface area contributed by atoms with Crippen molar-refractivity contribution >= 4 is 18.2 Å². The fourth-order valence-electron chi connectivity index (χ4n) is 1.94. The third kappa shape index (κ3) is 4.68. The van der Waals surface area contributed by atoms with Gasteiger partial charge in [0.1, 0.15) is 36.6 Å². The van der Waals surface area contributed by atoms with Crippen LogP contribution in [0.15, 0.2) is 0 Å². The SMILES string of the molecule is O=C[C@H](O)[C@@H](O)[C@H](O)[C@H](O)C(=O)OC1O[C@H](C(=O)O)[C@@H](O)[C@H](O)[C@H]1O. The van der Waals surface area contributed by atoms with Crippen LogP contribution in [0, 0.1) is 0 Å². The van der Waals surface area contributed by atoms with Crippen LogP contribution < -0.4 is 0 Å². The predicted octanol–water partition coefficient (Wildman–Crippen LogP) is -5.94. The Balaban J connectivity index is 2.80. The minimum absolute atomic E-state index is 0.171. The Morgan fingerprint density at radius 3 is 2.00 bits per heavy atom. The molecule has 1 aliphatic heterocycles. The first-order valence-electron chi connectivity index (χ1n) is 6.83. The highest BCUT2D eigenvalue weighted by molar-refractivity contribution is 5.76. The lowest BCUT2D eigenvalue weighted by atomic mass is 9.99. The molecule has 0 spiro atoms. The van der Waals surface area contributed by atoms with Crippen LogP contribution in [0.5, 0.6) is 0 Å². The maximum atomic E-state index is 11.7. The summed E-state index contributed by atoms with van der Waals surface area (Å²) in [4.78, 5) is 32.9. The first-order chi connectivity index (χ1) is 11.5. The van der Waals surface area contributed by atoms with Crippen LogP contribution in [-0.2, 0) is 23.9 Å². The van der Waals surface area contributed by atoms with Gasteiger partial charge in [0.25, 0.3) is 0 Å². The van der Waals surface area contributed by atoms with Crippen molar-refractivity contribution in [1.29, 1.82) is 0 Å². The van der Waals surface area contributed by atoms with Crippen molar-refractivity contribution in [2.45, 2.75) is 55.1 Å². The van der Waals surface area contributed by atoms with E-state index in [2.05, 4.69) is 9.47 Å². The Bertz CT molecular complexity index is 495. The van der Waals surface area contributed by atoms with Crippen LogP contribution in [0.3, 0.4) is 0 Å². The molecule has 1 aliphatic rings. The summed E-state index contributed by atoms with van der Waals surface area (Å²) in [5.41, 5.74) is 0. The average Bonchev–Trinajstić information content (AvgIpc) is 2.58. The lowest BCUT2D eigenvalue weighted by Crippen LogP contribution is -2.61. The van der Waals surface area contributed by atoms with Gasteiger partial charge in [-0.2, -0.15) is 0 Å². The highest BCUT2D eigenvalue weighted by Crippen LogP contribution is 2.23. The molecule has 25 heavy (non-hydrogen) atoms. The van der Waals surface area contributed by atoms with Gasteiger partial charge in [0, 0.05) is 0 Å². The van der Waals surface area contributed by atoms with E-state index >= 15 is 0 Å². The molecular weight excluding hydrogens is 352 g/mol. The van der Waals surface area contributed by atoms with Gasteiger partial charge in [-0.05, 0) is 0 Å². The van der Waals surface area contributed by atoms with Gasteiger partial charge in [0.15, 0.2) is 18.5 Å². The van der Waals surface area contributed by atoms with Crippen molar-refractivity contribution in [2.24, 2.45) is 0 Å². The zero-order chi connectivity index (χ0) is 19.5. The van der Waals surface area contributed by atoms with Crippen LogP contribution in [-0.4, -0.2) is 114 Å². The van der Waals surface area contributed by atoms with Gasteiger partial charge in [0.05, 0.1) is 0 Å². The summed E-state index contributed by atoms with van der Waals surface area (Å²) in [5.74, 6) is -3.48. The average molecular weight is 370 g/mol. The highest BCUT2D eigenvalue weighted by Gasteiger charge is 2.49. The van der Waals surface area contributed by atoms with Gasteiger partial charge >= 0.3 is 11.9 Å². The number of ether oxygens (including phenoxy) is 2. The van der Waals surface area contributed by atoms with E-state index in [1.807, 2.05) is 0 Å². The monoisotopic (exact) mass is 370 g/mol. The van der Waals surface area contributed by atoms with Crippen LogP contribution >= 0.6 is 0 Å². The molecule has 13 nitrogen and oxygen atoms in total. The van der Waals surface area contributed by atoms with Crippen molar-refractivity contribution in [3.8, 4) is 0 Å². The molecule has 1 fully saturated rings. The van der Waals surface area contributed by atoms with Crippen molar-refractivity contribution in [1.82, 2.24) is 0 Å². The van der Waals surface area contributed by atoms with E-state index in [0.717, 1.165) is 0 Å². The summed E-state index contributed by atoms with van der Waals surface area (Å²) in [5, 5.41) is 74.8. The molecule has 0 radical (unpaired) electrons. The third-order valence-electron chi connectivity index (χ3n) is 3.45. The molecule has 0 aliphatic carbocycles. The van der Waals surface area contributed by atoms with Gasteiger partial charge in [0.2, 0.25) is 6.29 Å². The number of aliphatic hydroxyl groups is 7. The molecule has 0 bridgehead atoms. The quantitative estimate of drug-likeness (QED) is 0.154. The first-order valence-corrected chi connectivity index (χ1v) is 6.83. The van der Waals surface area contributed by atoms with Gasteiger partial charge in [-0.25, -0.2) is 9.59 Å². The molecule has 144 valence electrons. The second kappa shape index (κ2) is 8.59. The second-order valence-corrected chi connectivity index (χ2v) is 5.22. The molecule has 0 saturated carbocycles. The third-order valence-corrected chi connectivity index (χ3v) is 3.45. The van der Waals surface area contributed by atoms with Crippen molar-refractivity contribution in [3.63, 3.8) is 0 Å². The number of esters is 1. The number of carbonyl (C=O) groups excluding carboxylic acids is 2. The maximum absolute atomic E-state index is 11.7. The van der Waals surface area contributed by atoms with Gasteiger partial charge in [-0.3, -0.25) is 0 Å². The van der Waals surface area contributed by atoms with E-state index in [1.165, 1.54) is 0 Å². The Morgan fingerprint density at radius 2 is 1.52 bits per heavy atom. The minimum atomic E-state index is -2.52. The van der Waals surface area contributed by atoms with Crippen molar-refractivity contribution < 1.29 is 64.7 Å². The number of aliphatic carboxylic acids is 1. The zero-order valence-corrected chi connectivity index (χ0v) is 12.4. The van der Waals surface area contributed by atoms with E-state index in [4.69, 9.17) is 10.2 Å². The smallest absolute Gasteiger partial charge is 0.340 e. The van der Waals surface area contributed by atoms with Gasteiger partial charge in [-0.1, -0.05) is 0 Å². The summed E-state index contributed by atoms with van der Waals surface area (Å²) in [6.07, 6.45) is -19.9. The minimum Gasteiger partial charge on any atom is -0.479 e. The number of carboxylic acid groups (broad SMARTS) is 1. The van der Waals surface area contributed by atoms with E-state index in [1.54, 1.807) is 0 Å². The Kier molecular flexibility index (Phi) is 7.33. The number of carbonyl (C=O) groups is 3. The van der Waals surface area contributed by atoms with E-state index in [-0.39, 0.29) is 6.29 Å². The summed E-state index contributed by atoms with van der Waals surface area (Å²) in [7, 11) is 0. The molecule has 1 unspecified atom stereocenters. The fraction of sp³-hybridized carbons (Fsp3) is 0.750. The molecule has 13 heteroatoms. The molecule has 0 aromatic heterocycles. The van der Waals surface area contributed by atoms with E-state index in [0.29, 0.717) is 0 Å². The summed E-state index contributed by atoms with van der Waals surface area (Å²) >= 11 is 0. The lowest BCUT2D eigenvalue weighted by Gasteiger charge is -2.38. The number of carboxylic acids is 1. The molecule has 9 atom stereocenters. The topological polar surface area (TPSA) is 232 Å². The number of aliphatic hydroxyl groups excluding tert-OH is 7. The van der Waals surface area contributed by atoms with Crippen molar-refractivity contribution in [3.05, 3.63) is 0 Å². The van der Waals surface area contributed by atoms with Crippen LogP contribution in [0.4, 0.5) is 0 Å². The van der Waals surface area contributed by atoms with E-state index < -0.39 is 67.1 Å². The number of hydrogen-bond acceptors (Lipinski definition) is 12. The summed E-state index contributed by atoms with van der Waals surface area (Å²) in [6.45, 7) is 0. The normalized spacial score (nSPS) is 34.4. The maximum Gasteiger partial charge on any atom is 0.340 e. The molecule has 0 aromatic carbocycles. The highest BCUT2D eigenvalue weighted by atomic mass is 16.7. The van der Waals surface area contributed by atoms with Gasteiger partial charge in [-0.15, -0.1) is 0 Å². The van der Waals surface area contributed by atoms with Crippen LogP contribution in [0.1, 0.15) is 0 Å². The van der Waals surface area contributed by atoms with Crippen LogP contribution in [0.2, 0.25) is 0 Å². The Labute approximate surface area is 139 Å². The van der Waals surface area contributed by atoms with Gasteiger partial charge < -0.3 is 55.1 Å². The standard InChI is InChI=1S/C12H18O13/c13-1-2(14)3(15)4(16)7(19)11(23)25-12-8(20)5(17)6(18)9(24-12)10(21)22/h1-9,12,14-20H,(H,21,22)/t2-,3+,4-,5-,6-,7-,8+,9-,12?/m0/s1. The van der Waals surface area contributed by atoms with Crippen LogP contribution in [0.25, 0.3) is 0 Å². The molecule has 1 rings (SSSR count). The largest absolute Gasteiger partial charge is 0.479 e. The molecule has 8 N–H and O–H groups in total. The number of aldehydes is 1. The lowest BCUT2D eigenvalue weighted by molar-refractivity contribution is -0.289. The zero-order valence-electron chi connectivity index (χ0n) is 12.4. The summed E-state index contributed by atoms with van der Waals surface area (Å²) in [6, 6.07) is 0. The Morgan fingerprint density at radius 1 is 0.960 bits per heavy atom. The molecular formula is C12H18O13. The predicted molar refractivity (Wildman–Crippen MR) is 70.5 cm³/mol. The van der Waals surface area contributed by atoms with Crippen molar-refractivity contribution in [2.75, 3.05) is 0 Å². The number of rotatable bonds is 7. The fourth-order valence-corrected chi connectivity index (χ4v) is 1.94. The second-order valence-electron chi connectivity index (χ2n) is 5.22. The summed E-state index contributed by atoms with van der Waals surface area (Å²) < 4.78 is 9.02. The van der Waals surface area contributed by atoms with E-state index in [9.17, 15) is 45.0 Å². The Hall–Kier alpha value is -1.71. The molecule has 1 heterocycles. The molecule has 1 saturated heterocycles. The first kappa shape index (κ1) is 21.3. The number of hydrogen-bond donors (Lipinski definition) is 8. The molecule has 0 aromatic rings.